The smallest absolute Gasteiger partial charge is 0.244 e. The number of carbonyl (C=O) groups is 2. The Labute approximate surface area is 212 Å². The molecule has 0 saturated heterocycles. The number of amides is 2. The Morgan fingerprint density at radius 3 is 2.24 bits per heavy atom. The molecule has 0 spiro atoms. The van der Waals surface area contributed by atoms with Crippen LogP contribution in [-0.4, -0.2) is 49.5 Å². The summed E-state index contributed by atoms with van der Waals surface area (Å²) in [5.41, 5.74) is 1.37. The van der Waals surface area contributed by atoms with E-state index in [1.807, 2.05) is 33.8 Å². The molecule has 0 aliphatic carbocycles. The summed E-state index contributed by atoms with van der Waals surface area (Å²) in [4.78, 5) is 27.8. The summed E-state index contributed by atoms with van der Waals surface area (Å²) in [6.07, 6.45) is 1.04. The summed E-state index contributed by atoms with van der Waals surface area (Å²) in [5, 5.41) is 3.55. The van der Waals surface area contributed by atoms with Crippen LogP contribution in [0.1, 0.15) is 38.8 Å². The summed E-state index contributed by atoms with van der Waals surface area (Å²) in [5.74, 6) is -0.892. The first-order valence-electron chi connectivity index (χ1n) is 10.7. The summed E-state index contributed by atoms with van der Waals surface area (Å²) in [6, 6.07) is 10.9. The van der Waals surface area contributed by atoms with E-state index in [2.05, 4.69) is 5.32 Å². The third-order valence-electron chi connectivity index (χ3n) is 4.97. The molecule has 2 aromatic rings. The molecule has 0 aliphatic rings. The lowest BCUT2D eigenvalue weighted by Gasteiger charge is -2.33. The monoisotopic (exact) mass is 527 g/mol. The van der Waals surface area contributed by atoms with Crippen molar-refractivity contribution in [2.75, 3.05) is 17.1 Å². The second kappa shape index (κ2) is 11.0. The van der Waals surface area contributed by atoms with Gasteiger partial charge in [-0.2, -0.15) is 0 Å². The van der Waals surface area contributed by atoms with Gasteiger partial charge in [0.2, 0.25) is 21.8 Å². The highest BCUT2D eigenvalue weighted by molar-refractivity contribution is 7.92. The molecule has 0 unspecified atom stereocenters. The van der Waals surface area contributed by atoms with Gasteiger partial charge in [0.15, 0.2) is 0 Å². The third-order valence-corrected chi connectivity index (χ3v) is 6.85. The van der Waals surface area contributed by atoms with Gasteiger partial charge in [-0.3, -0.25) is 13.9 Å². The zero-order valence-corrected chi connectivity index (χ0v) is 22.6. The molecule has 0 aromatic heterocycles. The minimum atomic E-state index is -3.78. The van der Waals surface area contributed by atoms with Gasteiger partial charge in [0.05, 0.1) is 22.0 Å². The van der Waals surface area contributed by atoms with Gasteiger partial charge in [0.25, 0.3) is 0 Å². The number of benzene rings is 2. The highest BCUT2D eigenvalue weighted by atomic mass is 35.5. The van der Waals surface area contributed by atoms with Gasteiger partial charge in [-0.1, -0.05) is 41.4 Å². The van der Waals surface area contributed by atoms with E-state index in [0.717, 1.165) is 16.1 Å². The molecule has 1 atom stereocenters. The van der Waals surface area contributed by atoms with Crippen molar-refractivity contribution in [1.82, 2.24) is 10.2 Å². The largest absolute Gasteiger partial charge is 0.350 e. The van der Waals surface area contributed by atoms with Gasteiger partial charge in [-0.05, 0) is 70.0 Å². The molecule has 0 bridgehead atoms. The average molecular weight is 529 g/mol. The fourth-order valence-corrected chi connectivity index (χ4v) is 4.45. The number of halogens is 2. The minimum absolute atomic E-state index is 0.0415. The molecule has 0 aliphatic heterocycles. The summed E-state index contributed by atoms with van der Waals surface area (Å²) < 4.78 is 26.2. The number of nitrogens with zero attached hydrogens (tertiary/aromatic N) is 2. The number of carbonyl (C=O) groups excluding carboxylic acids is 2. The Morgan fingerprint density at radius 2 is 1.71 bits per heavy atom. The Hall–Kier alpha value is -2.29. The SMILES string of the molecule is Cc1cccc(N(CC(=O)N(Cc2ccc(Cl)c(Cl)c2)[C@H](C)C(=O)NC(C)(C)C)S(C)(=O)=O)c1. The lowest BCUT2D eigenvalue weighted by Crippen LogP contribution is -2.54. The minimum Gasteiger partial charge on any atom is -0.350 e. The molecule has 0 radical (unpaired) electrons. The van der Waals surface area contributed by atoms with Gasteiger partial charge in [-0.15, -0.1) is 0 Å². The lowest BCUT2D eigenvalue weighted by atomic mass is 10.1. The van der Waals surface area contributed by atoms with Crippen LogP contribution in [0, 0.1) is 6.92 Å². The standard InChI is InChI=1S/C24H31Cl2N3O4S/c1-16-8-7-9-19(12-16)29(34(6,32)33)15-22(30)28(17(2)23(31)27-24(3,4)5)14-18-10-11-20(25)21(26)13-18/h7-13,17H,14-15H2,1-6H3,(H,27,31)/t17-/m1/s1. The maximum atomic E-state index is 13.5. The van der Waals surface area contributed by atoms with E-state index in [9.17, 15) is 18.0 Å². The zero-order chi connectivity index (χ0) is 25.8. The molecule has 1 N–H and O–H groups in total. The molecule has 0 fully saturated rings. The third kappa shape index (κ3) is 7.89. The first-order chi connectivity index (χ1) is 15.6. The van der Waals surface area contributed by atoms with Gasteiger partial charge in [0, 0.05) is 12.1 Å². The number of nitrogens with one attached hydrogen (secondary N) is 1. The maximum Gasteiger partial charge on any atom is 0.244 e. The summed E-state index contributed by atoms with van der Waals surface area (Å²) in [6.45, 7) is 8.54. The van der Waals surface area contributed by atoms with Gasteiger partial charge < -0.3 is 10.2 Å². The Kier molecular flexibility index (Phi) is 9.02. The van der Waals surface area contributed by atoms with Crippen molar-refractivity contribution in [3.05, 3.63) is 63.6 Å². The fraction of sp³-hybridized carbons (Fsp3) is 0.417. The number of hydrogen-bond acceptors (Lipinski definition) is 4. The van der Waals surface area contributed by atoms with Crippen LogP contribution in [0.5, 0.6) is 0 Å². The number of anilines is 1. The molecule has 186 valence electrons. The normalized spacial score (nSPS) is 12.7. The Bertz CT molecular complexity index is 1160. The van der Waals surface area contributed by atoms with Crippen molar-refractivity contribution in [3.63, 3.8) is 0 Å². The van der Waals surface area contributed by atoms with Crippen LogP contribution in [0.4, 0.5) is 5.69 Å². The van der Waals surface area contributed by atoms with Crippen LogP contribution in [0.2, 0.25) is 10.0 Å². The molecule has 7 nitrogen and oxygen atoms in total. The van der Waals surface area contributed by atoms with E-state index < -0.39 is 34.1 Å². The van der Waals surface area contributed by atoms with Gasteiger partial charge in [0.1, 0.15) is 12.6 Å². The molecule has 34 heavy (non-hydrogen) atoms. The van der Waals surface area contributed by atoms with Crippen molar-refractivity contribution in [2.45, 2.75) is 52.7 Å². The summed E-state index contributed by atoms with van der Waals surface area (Å²) >= 11 is 12.2. The predicted octanol–water partition coefficient (Wildman–Crippen LogP) is 4.40. The highest BCUT2D eigenvalue weighted by Crippen LogP contribution is 2.25. The van der Waals surface area contributed by atoms with Crippen molar-refractivity contribution in [3.8, 4) is 0 Å². The van der Waals surface area contributed by atoms with Crippen LogP contribution >= 0.6 is 23.2 Å². The number of sulfonamides is 1. The highest BCUT2D eigenvalue weighted by Gasteiger charge is 2.31. The number of hydrogen-bond donors (Lipinski definition) is 1. The molecule has 0 heterocycles. The van der Waals surface area contributed by atoms with Crippen LogP contribution in [0.3, 0.4) is 0 Å². The number of aryl methyl sites for hydroxylation is 1. The van der Waals surface area contributed by atoms with E-state index in [1.165, 1.54) is 4.90 Å². The Balaban J connectivity index is 2.43. The van der Waals surface area contributed by atoms with Gasteiger partial charge in [-0.25, -0.2) is 8.42 Å². The van der Waals surface area contributed by atoms with Crippen LogP contribution in [0.25, 0.3) is 0 Å². The van der Waals surface area contributed by atoms with E-state index in [-0.39, 0.29) is 12.5 Å². The first kappa shape index (κ1) is 28.0. The second-order valence-corrected chi connectivity index (χ2v) is 12.0. The Morgan fingerprint density at radius 1 is 1.06 bits per heavy atom. The van der Waals surface area contributed by atoms with E-state index >= 15 is 0 Å². The van der Waals surface area contributed by atoms with Crippen molar-refractivity contribution in [2.24, 2.45) is 0 Å². The molecule has 0 saturated carbocycles. The van der Waals surface area contributed by atoms with E-state index in [1.54, 1.807) is 43.3 Å². The second-order valence-electron chi connectivity index (χ2n) is 9.29. The topological polar surface area (TPSA) is 86.8 Å². The van der Waals surface area contributed by atoms with Crippen LogP contribution in [0.15, 0.2) is 42.5 Å². The molecule has 2 aromatic carbocycles. The molecule has 10 heteroatoms. The fourth-order valence-electron chi connectivity index (χ4n) is 3.29. The van der Waals surface area contributed by atoms with E-state index in [0.29, 0.717) is 21.3 Å². The molecular formula is C24H31Cl2N3O4S. The van der Waals surface area contributed by atoms with Crippen LogP contribution < -0.4 is 9.62 Å². The van der Waals surface area contributed by atoms with Crippen molar-refractivity contribution < 1.29 is 18.0 Å². The van der Waals surface area contributed by atoms with Crippen molar-refractivity contribution >= 4 is 50.7 Å². The molecule has 2 amide bonds. The summed E-state index contributed by atoms with van der Waals surface area (Å²) in [7, 11) is -3.78. The zero-order valence-electron chi connectivity index (χ0n) is 20.2. The lowest BCUT2D eigenvalue weighted by molar-refractivity contribution is -0.140. The average Bonchev–Trinajstić information content (AvgIpc) is 2.70. The van der Waals surface area contributed by atoms with Crippen LogP contribution in [-0.2, 0) is 26.2 Å². The molecular weight excluding hydrogens is 497 g/mol. The van der Waals surface area contributed by atoms with Gasteiger partial charge >= 0.3 is 0 Å². The maximum absolute atomic E-state index is 13.5. The quantitative estimate of drug-likeness (QED) is 0.551. The number of rotatable bonds is 8. The first-order valence-corrected chi connectivity index (χ1v) is 13.3. The predicted molar refractivity (Wildman–Crippen MR) is 138 cm³/mol. The van der Waals surface area contributed by atoms with Crippen molar-refractivity contribution in [1.29, 1.82) is 0 Å². The molecule has 2 rings (SSSR count). The van der Waals surface area contributed by atoms with E-state index in [4.69, 9.17) is 23.2 Å².